The van der Waals surface area contributed by atoms with Gasteiger partial charge in [0.15, 0.2) is 6.10 Å². The summed E-state index contributed by atoms with van der Waals surface area (Å²) in [5.74, 6) is -0.988. The van der Waals surface area contributed by atoms with Crippen molar-refractivity contribution in [2.45, 2.75) is 258 Å². The largest absolute Gasteiger partial charge is 0.462 e. The summed E-state index contributed by atoms with van der Waals surface area (Å²) in [7, 11) is 0. The Labute approximate surface area is 401 Å². The first-order valence-corrected chi connectivity index (χ1v) is 27.1. The van der Waals surface area contributed by atoms with E-state index in [0.717, 1.165) is 89.9 Å². The SMILES string of the molecule is CC/C=C\C/C=C\C/C=C\C/C=C\C/C=C\CCCC(=O)OCC(COC(=O)CCCCCCCCCCCCCCCC)OC(=O)CCCCC/C=C\C=C/CCCCCCCCC. The van der Waals surface area contributed by atoms with Gasteiger partial charge in [-0.25, -0.2) is 0 Å². The van der Waals surface area contributed by atoms with E-state index in [2.05, 4.69) is 106 Å². The van der Waals surface area contributed by atoms with Crippen molar-refractivity contribution in [3.8, 4) is 0 Å². The van der Waals surface area contributed by atoms with Gasteiger partial charge in [0.25, 0.3) is 0 Å². The average molecular weight is 905 g/mol. The number of rotatable bonds is 48. The van der Waals surface area contributed by atoms with Crippen LogP contribution in [0.25, 0.3) is 0 Å². The molecule has 1 unspecified atom stereocenters. The second kappa shape index (κ2) is 53.2. The quantitative estimate of drug-likeness (QED) is 0.0199. The van der Waals surface area contributed by atoms with Gasteiger partial charge in [0.1, 0.15) is 13.2 Å². The Morgan fingerprint density at radius 1 is 0.338 bits per heavy atom. The Hall–Kier alpha value is -3.41. The molecular weight excluding hydrogens is 805 g/mol. The molecule has 6 heteroatoms. The van der Waals surface area contributed by atoms with Crippen molar-refractivity contribution in [3.05, 3.63) is 85.1 Å². The normalized spacial score (nSPS) is 12.7. The van der Waals surface area contributed by atoms with Crippen LogP contribution in [0.2, 0.25) is 0 Å². The summed E-state index contributed by atoms with van der Waals surface area (Å²) in [6.45, 7) is 6.45. The Morgan fingerprint density at radius 2 is 0.662 bits per heavy atom. The van der Waals surface area contributed by atoms with E-state index in [9.17, 15) is 14.4 Å². The van der Waals surface area contributed by atoms with Crippen molar-refractivity contribution in [2.75, 3.05) is 13.2 Å². The van der Waals surface area contributed by atoms with Gasteiger partial charge in [-0.05, 0) is 83.5 Å². The van der Waals surface area contributed by atoms with Gasteiger partial charge >= 0.3 is 17.9 Å². The standard InChI is InChI=1S/C59H100O6/c1-4-7-10-13-16-19-22-25-28-30-32-34-37-40-43-46-49-52-58(61)64-55-56(54-63-57(60)51-48-45-42-39-36-33-27-24-21-18-15-12-9-6-3)65-59(62)53-50-47-44-41-38-35-31-29-26-23-20-17-14-11-8-5-2/h7,10,16,19,25,28-29,31-32,34-35,38,40,43,56H,4-6,8-9,11-15,17-18,20-24,26-27,30,33,36-37,39,41-42,44-55H2,1-3H3/b10-7-,19-16-,28-25-,31-29-,34-32-,38-35-,43-40-. The van der Waals surface area contributed by atoms with Gasteiger partial charge in [-0.15, -0.1) is 0 Å². The van der Waals surface area contributed by atoms with E-state index in [4.69, 9.17) is 14.2 Å². The zero-order valence-corrected chi connectivity index (χ0v) is 42.5. The molecule has 0 amide bonds. The maximum absolute atomic E-state index is 12.8. The highest BCUT2D eigenvalue weighted by atomic mass is 16.6. The topological polar surface area (TPSA) is 78.9 Å². The summed E-state index contributed by atoms with van der Waals surface area (Å²) in [4.78, 5) is 38.0. The molecule has 0 aromatic heterocycles. The highest BCUT2D eigenvalue weighted by Crippen LogP contribution is 2.15. The van der Waals surface area contributed by atoms with Crippen molar-refractivity contribution in [3.63, 3.8) is 0 Å². The summed E-state index contributed by atoms with van der Waals surface area (Å²) in [5.41, 5.74) is 0. The highest BCUT2D eigenvalue weighted by molar-refractivity contribution is 5.71. The molecule has 0 saturated carbocycles. The van der Waals surface area contributed by atoms with Crippen LogP contribution in [0.15, 0.2) is 85.1 Å². The van der Waals surface area contributed by atoms with Gasteiger partial charge in [0, 0.05) is 19.3 Å². The van der Waals surface area contributed by atoms with E-state index in [1.165, 1.54) is 116 Å². The first kappa shape index (κ1) is 61.6. The van der Waals surface area contributed by atoms with Crippen molar-refractivity contribution in [1.29, 1.82) is 0 Å². The van der Waals surface area contributed by atoms with Gasteiger partial charge < -0.3 is 14.2 Å². The summed E-state index contributed by atoms with van der Waals surface area (Å²) in [6, 6.07) is 0. The fourth-order valence-corrected chi connectivity index (χ4v) is 7.35. The lowest BCUT2D eigenvalue weighted by Gasteiger charge is -2.18. The van der Waals surface area contributed by atoms with Crippen LogP contribution in [-0.2, 0) is 28.6 Å². The summed E-state index contributed by atoms with van der Waals surface area (Å²) in [5, 5.41) is 0. The van der Waals surface area contributed by atoms with Crippen LogP contribution in [0.4, 0.5) is 0 Å². The second-order valence-corrected chi connectivity index (χ2v) is 17.8. The predicted molar refractivity (Wildman–Crippen MR) is 279 cm³/mol. The van der Waals surface area contributed by atoms with E-state index in [-0.39, 0.29) is 44.0 Å². The van der Waals surface area contributed by atoms with Crippen LogP contribution >= 0.6 is 0 Å². The van der Waals surface area contributed by atoms with Crippen LogP contribution in [0.3, 0.4) is 0 Å². The fourth-order valence-electron chi connectivity index (χ4n) is 7.35. The monoisotopic (exact) mass is 905 g/mol. The molecule has 0 aliphatic rings. The molecule has 0 N–H and O–H groups in total. The van der Waals surface area contributed by atoms with Crippen molar-refractivity contribution >= 4 is 17.9 Å². The molecule has 0 heterocycles. The molecular formula is C59H100O6. The molecule has 1 atom stereocenters. The fraction of sp³-hybridized carbons (Fsp3) is 0.712. The minimum atomic E-state index is -0.812. The van der Waals surface area contributed by atoms with E-state index in [1.807, 2.05) is 0 Å². The Morgan fingerprint density at radius 3 is 1.09 bits per heavy atom. The van der Waals surface area contributed by atoms with Gasteiger partial charge in [0.05, 0.1) is 0 Å². The third-order valence-corrected chi connectivity index (χ3v) is 11.4. The zero-order valence-electron chi connectivity index (χ0n) is 42.5. The van der Waals surface area contributed by atoms with Gasteiger partial charge in [-0.2, -0.15) is 0 Å². The Kier molecular flexibility index (Phi) is 50.4. The number of ether oxygens (including phenoxy) is 3. The molecule has 0 radical (unpaired) electrons. The van der Waals surface area contributed by atoms with Crippen molar-refractivity contribution in [2.24, 2.45) is 0 Å². The van der Waals surface area contributed by atoms with E-state index in [0.29, 0.717) is 12.8 Å². The first-order valence-electron chi connectivity index (χ1n) is 27.1. The summed E-state index contributed by atoms with van der Waals surface area (Å²) in [6.07, 6.45) is 68.6. The van der Waals surface area contributed by atoms with Gasteiger partial charge in [-0.1, -0.05) is 234 Å². The number of hydrogen-bond acceptors (Lipinski definition) is 6. The first-order chi connectivity index (χ1) is 32.0. The molecule has 0 fully saturated rings. The third-order valence-electron chi connectivity index (χ3n) is 11.4. The van der Waals surface area contributed by atoms with E-state index < -0.39 is 6.10 Å². The van der Waals surface area contributed by atoms with Crippen LogP contribution in [0, 0.1) is 0 Å². The molecule has 0 saturated heterocycles. The molecule has 0 aliphatic heterocycles. The van der Waals surface area contributed by atoms with Crippen LogP contribution in [0.1, 0.15) is 252 Å². The number of hydrogen-bond donors (Lipinski definition) is 0. The van der Waals surface area contributed by atoms with Crippen molar-refractivity contribution < 1.29 is 28.6 Å². The summed E-state index contributed by atoms with van der Waals surface area (Å²) < 4.78 is 16.8. The number of esters is 3. The smallest absolute Gasteiger partial charge is 0.306 e. The lowest BCUT2D eigenvalue weighted by atomic mass is 10.0. The molecule has 0 aliphatic carbocycles. The lowest BCUT2D eigenvalue weighted by molar-refractivity contribution is -0.167. The molecule has 0 aromatic rings. The average Bonchev–Trinajstić information content (AvgIpc) is 3.30. The number of carbonyl (C=O) groups is 3. The molecule has 0 aromatic carbocycles. The molecule has 0 bridgehead atoms. The van der Waals surface area contributed by atoms with Crippen LogP contribution < -0.4 is 0 Å². The van der Waals surface area contributed by atoms with Crippen LogP contribution in [-0.4, -0.2) is 37.2 Å². The Balaban J connectivity index is 4.51. The molecule has 6 nitrogen and oxygen atoms in total. The molecule has 0 spiro atoms. The molecule has 372 valence electrons. The minimum absolute atomic E-state index is 0.103. The minimum Gasteiger partial charge on any atom is -0.462 e. The highest BCUT2D eigenvalue weighted by Gasteiger charge is 2.19. The lowest BCUT2D eigenvalue weighted by Crippen LogP contribution is -2.30. The van der Waals surface area contributed by atoms with E-state index >= 15 is 0 Å². The molecule has 65 heavy (non-hydrogen) atoms. The number of allylic oxidation sites excluding steroid dienone is 14. The van der Waals surface area contributed by atoms with Gasteiger partial charge in [0.2, 0.25) is 0 Å². The molecule has 0 rings (SSSR count). The number of unbranched alkanes of at least 4 members (excludes halogenated alkanes) is 24. The maximum Gasteiger partial charge on any atom is 0.306 e. The third kappa shape index (κ3) is 51.4. The maximum atomic E-state index is 12.8. The predicted octanol–water partition coefficient (Wildman–Crippen LogP) is 18.0. The Bertz CT molecular complexity index is 1270. The van der Waals surface area contributed by atoms with E-state index in [1.54, 1.807) is 0 Å². The summed E-state index contributed by atoms with van der Waals surface area (Å²) >= 11 is 0. The van der Waals surface area contributed by atoms with Crippen molar-refractivity contribution in [1.82, 2.24) is 0 Å². The van der Waals surface area contributed by atoms with Gasteiger partial charge in [-0.3, -0.25) is 14.4 Å². The zero-order chi connectivity index (χ0) is 47.2. The van der Waals surface area contributed by atoms with Crippen LogP contribution in [0.5, 0.6) is 0 Å². The number of carbonyl (C=O) groups excluding carboxylic acids is 3. The second-order valence-electron chi connectivity index (χ2n) is 17.8.